The van der Waals surface area contributed by atoms with Crippen LogP contribution in [0.3, 0.4) is 0 Å². The highest BCUT2D eigenvalue weighted by atomic mass is 16.4. The van der Waals surface area contributed by atoms with Crippen LogP contribution in [0.1, 0.15) is 36.8 Å². The Morgan fingerprint density at radius 1 is 1.43 bits per heavy atom. The lowest BCUT2D eigenvalue weighted by atomic mass is 10.1. The second-order valence-corrected chi connectivity index (χ2v) is 5.24. The lowest BCUT2D eigenvalue weighted by molar-refractivity contribution is -0.131. The number of carboxylic acids is 1. The fourth-order valence-electron chi connectivity index (χ4n) is 1.84. The Bertz CT molecular complexity index is 547. The van der Waals surface area contributed by atoms with Crippen molar-refractivity contribution in [2.45, 2.75) is 26.4 Å². The van der Waals surface area contributed by atoms with Crippen molar-refractivity contribution in [3.63, 3.8) is 0 Å². The van der Waals surface area contributed by atoms with Crippen molar-refractivity contribution in [1.82, 2.24) is 9.88 Å². The van der Waals surface area contributed by atoms with Crippen LogP contribution in [0.25, 0.3) is 6.08 Å². The molecule has 0 aliphatic carbocycles. The number of rotatable bonds is 6. The van der Waals surface area contributed by atoms with Crippen LogP contribution >= 0.6 is 0 Å². The summed E-state index contributed by atoms with van der Waals surface area (Å²) in [7, 11) is 0. The molecule has 0 atom stereocenters. The van der Waals surface area contributed by atoms with Crippen molar-refractivity contribution in [1.29, 1.82) is 0 Å². The zero-order chi connectivity index (χ0) is 16.0. The summed E-state index contributed by atoms with van der Waals surface area (Å²) in [6.07, 6.45) is 3.77. The molecule has 1 rings (SSSR count). The van der Waals surface area contributed by atoms with Gasteiger partial charge in [-0.15, -0.1) is 0 Å². The Balaban J connectivity index is 3.08. The van der Waals surface area contributed by atoms with E-state index in [9.17, 15) is 14.7 Å². The van der Waals surface area contributed by atoms with Gasteiger partial charge < -0.3 is 15.1 Å². The molecule has 21 heavy (non-hydrogen) atoms. The predicted octanol–water partition coefficient (Wildman–Crippen LogP) is 1.41. The maximum absolute atomic E-state index is 12.5. The van der Waals surface area contributed by atoms with Crippen molar-refractivity contribution < 1.29 is 19.8 Å². The molecule has 0 aliphatic rings. The largest absolute Gasteiger partial charge is 0.478 e. The SMILES string of the molecule is CCN(CC(C)(C)O)C(=O)c1ncccc1/C=C/C(=O)O. The molecule has 6 heteroatoms. The summed E-state index contributed by atoms with van der Waals surface area (Å²) >= 11 is 0. The molecule has 6 nitrogen and oxygen atoms in total. The Hall–Kier alpha value is -2.21. The Morgan fingerprint density at radius 3 is 2.62 bits per heavy atom. The highest BCUT2D eigenvalue weighted by Gasteiger charge is 2.24. The van der Waals surface area contributed by atoms with Gasteiger partial charge in [0.25, 0.3) is 5.91 Å². The molecule has 1 aromatic rings. The van der Waals surface area contributed by atoms with Crippen molar-refractivity contribution in [2.75, 3.05) is 13.1 Å². The van der Waals surface area contributed by atoms with Gasteiger partial charge in [0, 0.05) is 30.9 Å². The van der Waals surface area contributed by atoms with Gasteiger partial charge >= 0.3 is 5.97 Å². The lowest BCUT2D eigenvalue weighted by Gasteiger charge is -2.28. The van der Waals surface area contributed by atoms with Gasteiger partial charge in [0.2, 0.25) is 0 Å². The number of likely N-dealkylation sites (N-methyl/N-ethyl adjacent to an activating group) is 1. The number of pyridine rings is 1. The number of carbonyl (C=O) groups is 2. The van der Waals surface area contributed by atoms with Crippen LogP contribution in [0.5, 0.6) is 0 Å². The third-order valence-corrected chi connectivity index (χ3v) is 2.69. The van der Waals surface area contributed by atoms with Crippen LogP contribution < -0.4 is 0 Å². The third-order valence-electron chi connectivity index (χ3n) is 2.69. The number of carbonyl (C=O) groups excluding carboxylic acids is 1. The number of amides is 1. The number of hydrogen-bond donors (Lipinski definition) is 2. The fraction of sp³-hybridized carbons (Fsp3) is 0.400. The molecule has 0 radical (unpaired) electrons. The van der Waals surface area contributed by atoms with E-state index in [4.69, 9.17) is 5.11 Å². The first kappa shape index (κ1) is 16.8. The molecule has 0 bridgehead atoms. The molecule has 0 aliphatic heterocycles. The zero-order valence-electron chi connectivity index (χ0n) is 12.4. The first-order valence-electron chi connectivity index (χ1n) is 6.62. The van der Waals surface area contributed by atoms with Gasteiger partial charge in [-0.2, -0.15) is 0 Å². The molecule has 0 saturated carbocycles. The predicted molar refractivity (Wildman–Crippen MR) is 78.8 cm³/mol. The number of aliphatic carboxylic acids is 1. The van der Waals surface area contributed by atoms with Gasteiger partial charge in [-0.3, -0.25) is 9.78 Å². The molecule has 1 amide bonds. The summed E-state index contributed by atoms with van der Waals surface area (Å²) in [5.74, 6) is -1.44. The minimum atomic E-state index is -1.10. The molecule has 0 unspecified atom stereocenters. The number of aromatic nitrogens is 1. The maximum atomic E-state index is 12.5. The van der Waals surface area contributed by atoms with E-state index in [1.54, 1.807) is 32.9 Å². The molecule has 0 aromatic carbocycles. The first-order chi connectivity index (χ1) is 9.74. The summed E-state index contributed by atoms with van der Waals surface area (Å²) in [5.41, 5.74) is -0.419. The van der Waals surface area contributed by atoms with E-state index < -0.39 is 11.6 Å². The summed E-state index contributed by atoms with van der Waals surface area (Å²) < 4.78 is 0. The summed E-state index contributed by atoms with van der Waals surface area (Å²) in [6, 6.07) is 3.25. The van der Waals surface area contributed by atoms with Gasteiger partial charge in [0.05, 0.1) is 5.60 Å². The van der Waals surface area contributed by atoms with E-state index >= 15 is 0 Å². The average Bonchev–Trinajstić information content (AvgIpc) is 2.41. The molecule has 0 spiro atoms. The molecule has 1 heterocycles. The van der Waals surface area contributed by atoms with Crippen LogP contribution in [0.15, 0.2) is 24.4 Å². The highest BCUT2D eigenvalue weighted by molar-refractivity contribution is 5.97. The monoisotopic (exact) mass is 292 g/mol. The number of nitrogens with zero attached hydrogens (tertiary/aromatic N) is 2. The van der Waals surface area contributed by atoms with E-state index in [2.05, 4.69) is 4.98 Å². The van der Waals surface area contributed by atoms with E-state index in [1.165, 1.54) is 17.2 Å². The highest BCUT2D eigenvalue weighted by Crippen LogP contribution is 2.13. The molecule has 2 N–H and O–H groups in total. The average molecular weight is 292 g/mol. The van der Waals surface area contributed by atoms with E-state index in [0.29, 0.717) is 12.1 Å². The molecular weight excluding hydrogens is 272 g/mol. The minimum Gasteiger partial charge on any atom is -0.478 e. The molecule has 0 saturated heterocycles. The van der Waals surface area contributed by atoms with Gasteiger partial charge in [0.15, 0.2) is 0 Å². The van der Waals surface area contributed by atoms with Gasteiger partial charge in [-0.25, -0.2) is 4.79 Å². The third kappa shape index (κ3) is 5.35. The van der Waals surface area contributed by atoms with Crippen molar-refractivity contribution in [2.24, 2.45) is 0 Å². The van der Waals surface area contributed by atoms with E-state index in [0.717, 1.165) is 6.08 Å². The normalized spacial score (nSPS) is 11.6. The maximum Gasteiger partial charge on any atom is 0.328 e. The standard InChI is InChI=1S/C15H20N2O4/c1-4-17(10-15(2,3)21)14(20)13-11(6-5-9-16-13)7-8-12(18)19/h5-9,21H,4,10H2,1-3H3,(H,18,19)/b8-7+. The van der Waals surface area contributed by atoms with Crippen molar-refractivity contribution in [3.8, 4) is 0 Å². The molecule has 114 valence electrons. The smallest absolute Gasteiger partial charge is 0.328 e. The van der Waals surface area contributed by atoms with Crippen LogP contribution in [0.2, 0.25) is 0 Å². The minimum absolute atomic E-state index is 0.168. The summed E-state index contributed by atoms with van der Waals surface area (Å²) in [5, 5.41) is 18.5. The van der Waals surface area contributed by atoms with E-state index in [1.807, 2.05) is 0 Å². The topological polar surface area (TPSA) is 90.7 Å². The van der Waals surface area contributed by atoms with Crippen LogP contribution in [0, 0.1) is 0 Å². The van der Waals surface area contributed by atoms with Gasteiger partial charge in [0.1, 0.15) is 5.69 Å². The molecular formula is C15H20N2O4. The zero-order valence-corrected chi connectivity index (χ0v) is 12.4. The number of hydrogen-bond acceptors (Lipinski definition) is 4. The Morgan fingerprint density at radius 2 is 2.10 bits per heavy atom. The second-order valence-electron chi connectivity index (χ2n) is 5.24. The van der Waals surface area contributed by atoms with Crippen molar-refractivity contribution in [3.05, 3.63) is 35.7 Å². The van der Waals surface area contributed by atoms with Crippen LogP contribution in [0.4, 0.5) is 0 Å². The lowest BCUT2D eigenvalue weighted by Crippen LogP contribution is -2.42. The first-order valence-corrected chi connectivity index (χ1v) is 6.62. The van der Waals surface area contributed by atoms with E-state index in [-0.39, 0.29) is 18.1 Å². The summed E-state index contributed by atoms with van der Waals surface area (Å²) in [4.78, 5) is 28.6. The Labute approximate surface area is 123 Å². The number of aliphatic hydroxyl groups is 1. The molecule has 1 aromatic heterocycles. The molecule has 0 fully saturated rings. The van der Waals surface area contributed by atoms with Crippen LogP contribution in [-0.4, -0.2) is 50.7 Å². The quantitative estimate of drug-likeness (QED) is 0.774. The van der Waals surface area contributed by atoms with Crippen molar-refractivity contribution >= 4 is 18.0 Å². The van der Waals surface area contributed by atoms with Gasteiger partial charge in [-0.05, 0) is 32.9 Å². The second kappa shape index (κ2) is 6.99. The fourth-order valence-corrected chi connectivity index (χ4v) is 1.84. The van der Waals surface area contributed by atoms with Gasteiger partial charge in [-0.1, -0.05) is 6.07 Å². The van der Waals surface area contributed by atoms with Crippen LogP contribution in [-0.2, 0) is 4.79 Å². The summed E-state index contributed by atoms with van der Waals surface area (Å²) in [6.45, 7) is 5.63. The number of carboxylic acid groups (broad SMARTS) is 1. The Kier molecular flexibility index (Phi) is 5.60.